The lowest BCUT2D eigenvalue weighted by Crippen LogP contribution is -2.42. The van der Waals surface area contributed by atoms with Gasteiger partial charge in [0.15, 0.2) is 6.61 Å². The molecule has 1 aliphatic rings. The van der Waals surface area contributed by atoms with Gasteiger partial charge in [0, 0.05) is 25.0 Å². The van der Waals surface area contributed by atoms with E-state index >= 15 is 0 Å². The molecule has 0 spiro atoms. The molecular weight excluding hydrogens is 380 g/mol. The van der Waals surface area contributed by atoms with Gasteiger partial charge in [-0.1, -0.05) is 30.3 Å². The van der Waals surface area contributed by atoms with Crippen molar-refractivity contribution in [2.24, 2.45) is 0 Å². The van der Waals surface area contributed by atoms with Crippen LogP contribution in [0.3, 0.4) is 0 Å². The van der Waals surface area contributed by atoms with Gasteiger partial charge in [-0.25, -0.2) is 0 Å². The average molecular weight is 399 g/mol. The van der Waals surface area contributed by atoms with E-state index in [9.17, 15) is 4.79 Å². The van der Waals surface area contributed by atoms with Crippen molar-refractivity contribution in [1.29, 1.82) is 0 Å². The Morgan fingerprint density at radius 2 is 2.00 bits per heavy atom. The van der Waals surface area contributed by atoms with Gasteiger partial charge in [0.05, 0.1) is 10.5 Å². The number of hydrogen-bond acceptors (Lipinski definition) is 2. The van der Waals surface area contributed by atoms with Crippen LogP contribution in [0.2, 0.25) is 0 Å². The second-order valence-electron chi connectivity index (χ2n) is 6.28. The van der Waals surface area contributed by atoms with Crippen LogP contribution >= 0.6 is 15.9 Å². The highest BCUT2D eigenvalue weighted by atomic mass is 79.9. The second kappa shape index (κ2) is 6.56. The molecule has 5 heteroatoms. The number of amides is 1. The van der Waals surface area contributed by atoms with Crippen LogP contribution in [0, 0.1) is 0 Å². The predicted molar refractivity (Wildman–Crippen MR) is 102 cm³/mol. The van der Waals surface area contributed by atoms with Gasteiger partial charge in [0.1, 0.15) is 5.75 Å². The number of rotatable bonds is 3. The second-order valence-corrected chi connectivity index (χ2v) is 7.07. The topological polar surface area (TPSA) is 34.5 Å². The summed E-state index contributed by atoms with van der Waals surface area (Å²) < 4.78 is 8.92. The molecule has 4 nitrogen and oxygen atoms in total. The molecule has 0 saturated carbocycles. The van der Waals surface area contributed by atoms with Crippen LogP contribution in [-0.4, -0.2) is 28.5 Å². The summed E-state index contributed by atoms with van der Waals surface area (Å²) in [6.45, 7) is 3.65. The number of nitrogens with zero attached hydrogens (tertiary/aromatic N) is 2. The first-order valence-corrected chi connectivity index (χ1v) is 9.19. The van der Waals surface area contributed by atoms with Crippen LogP contribution in [0.1, 0.15) is 18.7 Å². The third-order valence-electron chi connectivity index (χ3n) is 4.84. The van der Waals surface area contributed by atoms with E-state index in [-0.39, 0.29) is 18.6 Å². The van der Waals surface area contributed by atoms with E-state index in [0.29, 0.717) is 12.3 Å². The van der Waals surface area contributed by atoms with E-state index in [1.807, 2.05) is 41.3 Å². The maximum atomic E-state index is 12.7. The van der Waals surface area contributed by atoms with E-state index in [1.54, 1.807) is 0 Å². The van der Waals surface area contributed by atoms with Crippen LogP contribution < -0.4 is 4.74 Å². The van der Waals surface area contributed by atoms with Gasteiger partial charge in [-0.3, -0.25) is 4.79 Å². The minimum atomic E-state index is 0.0139. The van der Waals surface area contributed by atoms with Gasteiger partial charge in [-0.15, -0.1) is 0 Å². The zero-order valence-electron chi connectivity index (χ0n) is 14.0. The van der Waals surface area contributed by atoms with E-state index in [0.717, 1.165) is 21.8 Å². The van der Waals surface area contributed by atoms with Crippen LogP contribution in [0.15, 0.2) is 59.2 Å². The van der Waals surface area contributed by atoms with Crippen LogP contribution in [0.5, 0.6) is 5.75 Å². The number of ether oxygens (including phenoxy) is 1. The summed E-state index contributed by atoms with van der Waals surface area (Å²) in [5, 5.41) is 2.22. The molecule has 0 bridgehead atoms. The molecule has 0 radical (unpaired) electrons. The van der Waals surface area contributed by atoms with Gasteiger partial charge >= 0.3 is 0 Å². The zero-order chi connectivity index (χ0) is 17.4. The summed E-state index contributed by atoms with van der Waals surface area (Å²) in [5.41, 5.74) is 1.17. The maximum Gasteiger partial charge on any atom is 0.261 e. The summed E-state index contributed by atoms with van der Waals surface area (Å²) in [6.07, 6.45) is 2.07. The lowest BCUT2D eigenvalue weighted by atomic mass is 10.1. The Hall–Kier alpha value is -2.27. The molecular formula is C20H19BrN2O2. The van der Waals surface area contributed by atoms with Crippen molar-refractivity contribution in [2.75, 3.05) is 13.2 Å². The number of halogens is 1. The number of hydrogen-bond donors (Lipinski definition) is 0. The Labute approximate surface area is 155 Å². The fourth-order valence-corrected chi connectivity index (χ4v) is 4.07. The molecule has 0 fully saturated rings. The summed E-state index contributed by atoms with van der Waals surface area (Å²) in [6, 6.07) is 16.2. The summed E-state index contributed by atoms with van der Waals surface area (Å²) in [4.78, 5) is 14.6. The molecule has 2 aromatic carbocycles. The summed E-state index contributed by atoms with van der Waals surface area (Å²) in [5.74, 6) is 0.708. The van der Waals surface area contributed by atoms with E-state index < -0.39 is 0 Å². The Morgan fingerprint density at radius 3 is 2.88 bits per heavy atom. The fraction of sp³-hybridized carbons (Fsp3) is 0.250. The third-order valence-corrected chi connectivity index (χ3v) is 5.66. The van der Waals surface area contributed by atoms with Gasteiger partial charge < -0.3 is 14.2 Å². The van der Waals surface area contributed by atoms with Crippen molar-refractivity contribution in [1.82, 2.24) is 9.47 Å². The molecule has 1 atom stereocenters. The number of benzene rings is 2. The van der Waals surface area contributed by atoms with Crippen LogP contribution in [-0.2, 0) is 11.3 Å². The van der Waals surface area contributed by atoms with Crippen molar-refractivity contribution in [2.45, 2.75) is 19.5 Å². The van der Waals surface area contributed by atoms with Gasteiger partial charge in [0.25, 0.3) is 5.91 Å². The molecule has 3 aromatic rings. The molecule has 1 unspecified atom stereocenters. The van der Waals surface area contributed by atoms with E-state index in [1.165, 1.54) is 5.69 Å². The molecule has 2 heterocycles. The Morgan fingerprint density at radius 1 is 1.16 bits per heavy atom. The van der Waals surface area contributed by atoms with Crippen molar-refractivity contribution in [3.05, 3.63) is 64.9 Å². The van der Waals surface area contributed by atoms with Gasteiger partial charge in [-0.2, -0.15) is 0 Å². The van der Waals surface area contributed by atoms with Crippen molar-refractivity contribution < 1.29 is 9.53 Å². The normalized spacial score (nSPS) is 16.7. The molecule has 1 aromatic heterocycles. The maximum absolute atomic E-state index is 12.7. The van der Waals surface area contributed by atoms with Gasteiger partial charge in [-0.05, 0) is 51.8 Å². The molecule has 25 heavy (non-hydrogen) atoms. The third kappa shape index (κ3) is 2.93. The quantitative estimate of drug-likeness (QED) is 0.655. The van der Waals surface area contributed by atoms with Crippen molar-refractivity contribution >= 4 is 32.6 Å². The highest BCUT2D eigenvalue weighted by Gasteiger charge is 2.27. The Bertz CT molecular complexity index is 934. The first-order valence-electron chi connectivity index (χ1n) is 8.39. The van der Waals surface area contributed by atoms with E-state index in [4.69, 9.17) is 4.74 Å². The molecule has 0 aliphatic carbocycles. The number of fused-ring (bicyclic) bond motifs is 2. The first-order chi connectivity index (χ1) is 12.1. The monoisotopic (exact) mass is 398 g/mol. The first kappa shape index (κ1) is 16.2. The molecule has 1 aliphatic heterocycles. The van der Waals surface area contributed by atoms with Gasteiger partial charge in [0.2, 0.25) is 0 Å². The van der Waals surface area contributed by atoms with Crippen molar-refractivity contribution in [3.8, 4) is 5.75 Å². The number of carbonyl (C=O) groups excluding carboxylic acids is 1. The minimum absolute atomic E-state index is 0.0139. The summed E-state index contributed by atoms with van der Waals surface area (Å²) >= 11 is 3.60. The molecule has 4 rings (SSSR count). The van der Waals surface area contributed by atoms with Crippen LogP contribution in [0.4, 0.5) is 0 Å². The molecule has 128 valence electrons. The Balaban J connectivity index is 1.48. The fourth-order valence-electron chi connectivity index (χ4n) is 3.47. The SMILES string of the molecule is CC1c2cccn2CCN1C(=O)COc1ccc2ccccc2c1Br. The predicted octanol–water partition coefficient (Wildman–Crippen LogP) is 4.39. The highest BCUT2D eigenvalue weighted by Crippen LogP contribution is 2.33. The molecule has 0 N–H and O–H groups in total. The van der Waals surface area contributed by atoms with Crippen molar-refractivity contribution in [3.63, 3.8) is 0 Å². The summed E-state index contributed by atoms with van der Waals surface area (Å²) in [7, 11) is 0. The smallest absolute Gasteiger partial charge is 0.261 e. The highest BCUT2D eigenvalue weighted by molar-refractivity contribution is 9.10. The Kier molecular flexibility index (Phi) is 4.25. The van der Waals surface area contributed by atoms with Crippen LogP contribution in [0.25, 0.3) is 10.8 Å². The number of carbonyl (C=O) groups is 1. The standard InChI is InChI=1S/C20H19BrN2O2/c1-14-17-7-4-10-22(17)11-12-23(14)19(24)13-25-18-9-8-15-5-2-3-6-16(15)20(18)21/h2-10,14H,11-13H2,1H3. The lowest BCUT2D eigenvalue weighted by Gasteiger charge is -2.34. The van der Waals surface area contributed by atoms with E-state index in [2.05, 4.69) is 45.8 Å². The number of aromatic nitrogens is 1. The molecule has 0 saturated heterocycles. The largest absolute Gasteiger partial charge is 0.483 e. The lowest BCUT2D eigenvalue weighted by molar-refractivity contribution is -0.136. The average Bonchev–Trinajstić information content (AvgIpc) is 3.11. The minimum Gasteiger partial charge on any atom is -0.483 e. The zero-order valence-corrected chi connectivity index (χ0v) is 15.6. The molecule has 1 amide bonds.